The smallest absolute Gasteiger partial charge is 0.243 e. The van der Waals surface area contributed by atoms with Gasteiger partial charge < -0.3 is 15.4 Å². The van der Waals surface area contributed by atoms with Crippen molar-refractivity contribution >= 4 is 28.3 Å². The molecule has 1 aromatic carbocycles. The summed E-state index contributed by atoms with van der Waals surface area (Å²) in [7, 11) is -2.03. The summed E-state index contributed by atoms with van der Waals surface area (Å²) in [5.41, 5.74) is 5.86. The van der Waals surface area contributed by atoms with Crippen molar-refractivity contribution in [2.45, 2.75) is 30.7 Å². The molecule has 7 nitrogen and oxygen atoms in total. The van der Waals surface area contributed by atoms with E-state index in [0.717, 1.165) is 6.42 Å². The predicted molar refractivity (Wildman–Crippen MR) is 98.5 cm³/mol. The molecule has 0 radical (unpaired) electrons. The zero-order valence-corrected chi connectivity index (χ0v) is 16.2. The van der Waals surface area contributed by atoms with Gasteiger partial charge in [0.05, 0.1) is 18.0 Å². The van der Waals surface area contributed by atoms with Crippen molar-refractivity contribution in [1.82, 2.24) is 9.21 Å². The van der Waals surface area contributed by atoms with Crippen molar-refractivity contribution < 1.29 is 17.9 Å². The zero-order valence-electron chi connectivity index (χ0n) is 14.6. The monoisotopic (exact) mass is 391 g/mol. The number of benzene rings is 1. The van der Waals surface area contributed by atoms with Gasteiger partial charge in [0.1, 0.15) is 5.75 Å². The molecule has 1 unspecified atom stereocenters. The van der Waals surface area contributed by atoms with E-state index in [2.05, 4.69) is 0 Å². The van der Waals surface area contributed by atoms with E-state index >= 15 is 0 Å². The summed E-state index contributed by atoms with van der Waals surface area (Å²) >= 11 is 0. The molecule has 2 N–H and O–H groups in total. The Balaban J connectivity index is 0.00000312. The number of nitrogens with zero attached hydrogens (tertiary/aromatic N) is 2. The van der Waals surface area contributed by atoms with Crippen LogP contribution in [-0.2, 0) is 14.8 Å². The van der Waals surface area contributed by atoms with Crippen molar-refractivity contribution in [1.29, 1.82) is 0 Å². The molecule has 0 bridgehead atoms. The molecule has 1 atom stereocenters. The molecule has 1 fully saturated rings. The summed E-state index contributed by atoms with van der Waals surface area (Å²) in [6.07, 6.45) is 1.49. The second kappa shape index (κ2) is 9.38. The summed E-state index contributed by atoms with van der Waals surface area (Å²) in [4.78, 5) is 14.1. The van der Waals surface area contributed by atoms with Crippen LogP contribution in [0.25, 0.3) is 0 Å². The normalized spacial score (nSPS) is 16.8. The maximum atomic E-state index is 12.7. The number of hydrogen-bond acceptors (Lipinski definition) is 5. The van der Waals surface area contributed by atoms with E-state index in [1.54, 1.807) is 17.0 Å². The lowest BCUT2D eigenvalue weighted by molar-refractivity contribution is -0.133. The highest BCUT2D eigenvalue weighted by molar-refractivity contribution is 7.89. The van der Waals surface area contributed by atoms with Crippen LogP contribution < -0.4 is 10.5 Å². The summed E-state index contributed by atoms with van der Waals surface area (Å²) in [6, 6.07) is 5.80. The Morgan fingerprint density at radius 3 is 2.24 bits per heavy atom. The topological polar surface area (TPSA) is 92.9 Å². The van der Waals surface area contributed by atoms with Crippen molar-refractivity contribution in [3.8, 4) is 5.75 Å². The third-order valence-corrected chi connectivity index (χ3v) is 6.08. The Hall–Kier alpha value is -1.35. The van der Waals surface area contributed by atoms with Gasteiger partial charge in [-0.25, -0.2) is 8.42 Å². The van der Waals surface area contributed by atoms with E-state index < -0.39 is 16.1 Å². The van der Waals surface area contributed by atoms with Crippen LogP contribution in [0.15, 0.2) is 29.2 Å². The minimum Gasteiger partial charge on any atom is -0.497 e. The van der Waals surface area contributed by atoms with Crippen LogP contribution in [0.5, 0.6) is 5.75 Å². The maximum Gasteiger partial charge on any atom is 0.243 e. The first-order chi connectivity index (χ1) is 11.4. The Morgan fingerprint density at radius 1 is 1.20 bits per heavy atom. The van der Waals surface area contributed by atoms with Crippen molar-refractivity contribution in [3.63, 3.8) is 0 Å². The molecular formula is C16H26ClN3O4S. The highest BCUT2D eigenvalue weighted by Gasteiger charge is 2.31. The fourth-order valence-electron chi connectivity index (χ4n) is 2.71. The van der Waals surface area contributed by atoms with E-state index in [0.29, 0.717) is 25.3 Å². The fourth-order valence-corrected chi connectivity index (χ4v) is 4.14. The lowest BCUT2D eigenvalue weighted by atomic mass is 10.1. The van der Waals surface area contributed by atoms with Gasteiger partial charge in [-0.15, -0.1) is 12.4 Å². The van der Waals surface area contributed by atoms with Gasteiger partial charge >= 0.3 is 0 Å². The molecule has 1 amide bonds. The average Bonchev–Trinajstić information content (AvgIpc) is 2.61. The number of ether oxygens (including phenoxy) is 1. The number of sulfonamides is 1. The SMILES string of the molecule is CCCC(N)C(=O)N1CCN(S(=O)(=O)c2ccc(OC)cc2)CC1.Cl. The second-order valence-electron chi connectivity index (χ2n) is 5.80. The summed E-state index contributed by atoms with van der Waals surface area (Å²) in [5, 5.41) is 0. The number of rotatable bonds is 6. The number of nitrogens with two attached hydrogens (primary N) is 1. The fraction of sp³-hybridized carbons (Fsp3) is 0.562. The van der Waals surface area contributed by atoms with Crippen LogP contribution in [0, 0.1) is 0 Å². The Morgan fingerprint density at radius 2 is 1.76 bits per heavy atom. The van der Waals surface area contributed by atoms with Gasteiger partial charge in [0.25, 0.3) is 0 Å². The minimum atomic E-state index is -3.56. The zero-order chi connectivity index (χ0) is 17.7. The van der Waals surface area contributed by atoms with Crippen LogP contribution in [0.1, 0.15) is 19.8 Å². The molecule has 2 rings (SSSR count). The van der Waals surface area contributed by atoms with E-state index in [4.69, 9.17) is 10.5 Å². The molecule has 1 heterocycles. The Kier molecular flexibility index (Phi) is 8.14. The van der Waals surface area contributed by atoms with E-state index in [9.17, 15) is 13.2 Å². The van der Waals surface area contributed by atoms with E-state index in [1.165, 1.54) is 23.5 Å². The number of hydrogen-bond donors (Lipinski definition) is 1. The minimum absolute atomic E-state index is 0. The van der Waals surface area contributed by atoms with Crippen molar-refractivity contribution in [3.05, 3.63) is 24.3 Å². The van der Waals surface area contributed by atoms with E-state index in [-0.39, 0.29) is 36.3 Å². The quantitative estimate of drug-likeness (QED) is 0.783. The highest BCUT2D eigenvalue weighted by atomic mass is 35.5. The maximum absolute atomic E-state index is 12.7. The van der Waals surface area contributed by atoms with Crippen LogP contribution in [0.2, 0.25) is 0 Å². The summed E-state index contributed by atoms with van der Waals surface area (Å²) in [5.74, 6) is 0.507. The lowest BCUT2D eigenvalue weighted by Gasteiger charge is -2.35. The van der Waals surface area contributed by atoms with Gasteiger partial charge in [0, 0.05) is 26.2 Å². The molecule has 1 aromatic rings. The van der Waals surface area contributed by atoms with Gasteiger partial charge in [-0.2, -0.15) is 4.31 Å². The molecule has 1 aliphatic heterocycles. The second-order valence-corrected chi connectivity index (χ2v) is 7.74. The third kappa shape index (κ3) is 5.07. The molecule has 9 heteroatoms. The predicted octanol–water partition coefficient (Wildman–Crippen LogP) is 1.08. The molecule has 0 spiro atoms. The largest absolute Gasteiger partial charge is 0.497 e. The number of carbonyl (C=O) groups excluding carboxylic acids is 1. The lowest BCUT2D eigenvalue weighted by Crippen LogP contribution is -2.54. The first kappa shape index (κ1) is 21.7. The van der Waals surface area contributed by atoms with Gasteiger partial charge in [-0.05, 0) is 30.7 Å². The van der Waals surface area contributed by atoms with Gasteiger partial charge in [-0.3, -0.25) is 4.79 Å². The number of methoxy groups -OCH3 is 1. The molecule has 0 aromatic heterocycles. The standard InChI is InChI=1S/C16H25N3O4S.ClH/c1-3-4-15(17)16(20)18-9-11-19(12-10-18)24(21,22)14-7-5-13(23-2)6-8-14;/h5-8,15H,3-4,9-12,17H2,1-2H3;1H. The van der Waals surface area contributed by atoms with Gasteiger partial charge in [-0.1, -0.05) is 13.3 Å². The summed E-state index contributed by atoms with van der Waals surface area (Å²) in [6.45, 7) is 3.27. The van der Waals surface area contributed by atoms with Crippen LogP contribution in [-0.4, -0.2) is 62.9 Å². The third-order valence-electron chi connectivity index (χ3n) is 4.16. The first-order valence-corrected chi connectivity index (χ1v) is 9.52. The molecule has 25 heavy (non-hydrogen) atoms. The van der Waals surface area contributed by atoms with Gasteiger partial charge in [0.2, 0.25) is 15.9 Å². The number of piperazine rings is 1. The highest BCUT2D eigenvalue weighted by Crippen LogP contribution is 2.20. The molecule has 0 aliphatic carbocycles. The van der Waals surface area contributed by atoms with Crippen molar-refractivity contribution in [2.75, 3.05) is 33.3 Å². The van der Waals surface area contributed by atoms with Crippen LogP contribution in [0.4, 0.5) is 0 Å². The van der Waals surface area contributed by atoms with E-state index in [1.807, 2.05) is 6.92 Å². The molecule has 142 valence electrons. The van der Waals surface area contributed by atoms with Crippen LogP contribution >= 0.6 is 12.4 Å². The number of halogens is 1. The van der Waals surface area contributed by atoms with Crippen molar-refractivity contribution in [2.24, 2.45) is 5.73 Å². The Bertz CT molecular complexity index is 658. The molecular weight excluding hydrogens is 366 g/mol. The summed E-state index contributed by atoms with van der Waals surface area (Å²) < 4.78 is 31.8. The molecule has 1 saturated heterocycles. The average molecular weight is 392 g/mol. The van der Waals surface area contributed by atoms with Gasteiger partial charge in [0.15, 0.2) is 0 Å². The number of amides is 1. The van der Waals surface area contributed by atoms with Crippen LogP contribution in [0.3, 0.4) is 0 Å². The molecule has 1 aliphatic rings. The Labute approximate surface area is 155 Å². The number of carbonyl (C=O) groups is 1. The first-order valence-electron chi connectivity index (χ1n) is 8.08. The molecule has 0 saturated carbocycles.